The van der Waals surface area contributed by atoms with E-state index in [1.54, 1.807) is 12.2 Å². The number of hydrogen-bond acceptors (Lipinski definition) is 4. The van der Waals surface area contributed by atoms with E-state index in [1.807, 2.05) is 51.1 Å². The molecule has 0 radical (unpaired) electrons. The zero-order valence-corrected chi connectivity index (χ0v) is 16.4. The summed E-state index contributed by atoms with van der Waals surface area (Å²) < 4.78 is 5.14. The molecule has 1 aromatic carbocycles. The number of ether oxygens (including phenoxy) is 1. The monoisotopic (exact) mass is 374 g/mol. The van der Waals surface area contributed by atoms with Crippen LogP contribution in [0, 0.1) is 17.8 Å². The van der Waals surface area contributed by atoms with Gasteiger partial charge in [0.05, 0.1) is 6.61 Å². The molecule has 2 unspecified atom stereocenters. The normalized spacial score (nSPS) is 13.5. The van der Waals surface area contributed by atoms with Gasteiger partial charge in [-0.25, -0.2) is 0 Å². The maximum Gasteiger partial charge on any atom is 0.320 e. The van der Waals surface area contributed by atoms with Gasteiger partial charge >= 0.3 is 11.9 Å². The summed E-state index contributed by atoms with van der Waals surface area (Å²) in [6.45, 7) is 6.01. The molecule has 2 atom stereocenters. The fraction of sp³-hybridized carbons (Fsp3) is 0.500. The van der Waals surface area contributed by atoms with Crippen LogP contribution in [0.5, 0.6) is 0 Å². The zero-order chi connectivity index (χ0) is 20.2. The number of ketones is 1. The van der Waals surface area contributed by atoms with E-state index in [1.165, 1.54) is 0 Å². The molecule has 5 heteroatoms. The maximum absolute atomic E-state index is 12.4. The van der Waals surface area contributed by atoms with Crippen molar-refractivity contribution in [2.24, 2.45) is 17.8 Å². The summed E-state index contributed by atoms with van der Waals surface area (Å²) in [5.74, 6) is -4.06. The number of carboxylic acids is 1. The number of carbonyl (C=O) groups is 3. The van der Waals surface area contributed by atoms with Crippen LogP contribution in [0.4, 0.5) is 0 Å². The molecule has 0 aliphatic heterocycles. The Labute approximate surface area is 161 Å². The first-order valence-electron chi connectivity index (χ1n) is 9.49. The number of carboxylic acid groups (broad SMARTS) is 1. The highest BCUT2D eigenvalue weighted by atomic mass is 16.5. The first-order valence-corrected chi connectivity index (χ1v) is 9.49. The molecule has 148 valence electrons. The maximum atomic E-state index is 12.4. The Morgan fingerprint density at radius 1 is 1.11 bits per heavy atom. The summed E-state index contributed by atoms with van der Waals surface area (Å²) in [5.41, 5.74) is 0.877. The van der Waals surface area contributed by atoms with E-state index in [0.29, 0.717) is 12.8 Å². The largest absolute Gasteiger partial charge is 0.481 e. The molecule has 0 aliphatic rings. The Hall–Kier alpha value is -2.43. The Balaban J connectivity index is 3.03. The van der Waals surface area contributed by atoms with Gasteiger partial charge in [0.15, 0.2) is 5.92 Å². The van der Waals surface area contributed by atoms with Crippen LogP contribution < -0.4 is 0 Å². The fourth-order valence-corrected chi connectivity index (χ4v) is 2.76. The second-order valence-electron chi connectivity index (χ2n) is 7.11. The number of aliphatic carboxylic acids is 1. The van der Waals surface area contributed by atoms with Gasteiger partial charge in [-0.2, -0.15) is 0 Å². The summed E-state index contributed by atoms with van der Waals surface area (Å²) in [5, 5.41) is 9.62. The quantitative estimate of drug-likeness (QED) is 0.334. The number of Topliss-reactive ketones (excluding diaryl/α,β-unsaturated/α-hetero) is 1. The van der Waals surface area contributed by atoms with Gasteiger partial charge < -0.3 is 9.84 Å². The third-order valence-corrected chi connectivity index (χ3v) is 4.13. The molecule has 0 aliphatic carbocycles. The van der Waals surface area contributed by atoms with Crippen molar-refractivity contribution in [2.75, 3.05) is 6.61 Å². The molecule has 5 nitrogen and oxygen atoms in total. The van der Waals surface area contributed by atoms with Crippen LogP contribution in [0.15, 0.2) is 36.4 Å². The molecule has 0 aromatic heterocycles. The number of hydrogen-bond donors (Lipinski definition) is 1. The third kappa shape index (κ3) is 8.67. The van der Waals surface area contributed by atoms with E-state index in [2.05, 4.69) is 0 Å². The number of rotatable bonds is 12. The lowest BCUT2D eigenvalue weighted by atomic mass is 9.85. The topological polar surface area (TPSA) is 80.7 Å². The van der Waals surface area contributed by atoms with Crippen molar-refractivity contribution in [1.82, 2.24) is 0 Å². The van der Waals surface area contributed by atoms with E-state index >= 15 is 0 Å². The number of unbranched alkanes of at least 4 members (excludes halogenated alkanes) is 1. The Morgan fingerprint density at radius 3 is 2.33 bits per heavy atom. The first-order chi connectivity index (χ1) is 12.8. The van der Waals surface area contributed by atoms with Crippen molar-refractivity contribution >= 4 is 23.8 Å². The van der Waals surface area contributed by atoms with Gasteiger partial charge in [-0.05, 0) is 17.9 Å². The van der Waals surface area contributed by atoms with Crippen LogP contribution in [0.25, 0.3) is 6.08 Å². The lowest BCUT2D eigenvalue weighted by Crippen LogP contribution is -2.33. The molecule has 1 N–H and O–H groups in total. The highest BCUT2D eigenvalue weighted by Crippen LogP contribution is 2.23. The molecule has 1 rings (SSSR count). The molecule has 0 saturated carbocycles. The van der Waals surface area contributed by atoms with Crippen molar-refractivity contribution in [2.45, 2.75) is 46.5 Å². The highest BCUT2D eigenvalue weighted by molar-refractivity contribution is 5.95. The van der Waals surface area contributed by atoms with E-state index in [9.17, 15) is 19.5 Å². The number of carbonyl (C=O) groups excluding carboxylic acids is 2. The van der Waals surface area contributed by atoms with Gasteiger partial charge in [-0.15, -0.1) is 0 Å². The van der Waals surface area contributed by atoms with Crippen LogP contribution in [-0.4, -0.2) is 29.4 Å². The second kappa shape index (κ2) is 12.0. The Bertz CT molecular complexity index is 633. The molecule has 0 amide bonds. The summed E-state index contributed by atoms with van der Waals surface area (Å²) in [7, 11) is 0. The van der Waals surface area contributed by atoms with Crippen LogP contribution in [-0.2, 0) is 19.1 Å². The molecule has 0 bridgehead atoms. The van der Waals surface area contributed by atoms with Gasteiger partial charge in [0, 0.05) is 18.8 Å². The smallest absolute Gasteiger partial charge is 0.320 e. The van der Waals surface area contributed by atoms with Gasteiger partial charge in [0.25, 0.3) is 0 Å². The second-order valence-corrected chi connectivity index (χ2v) is 7.11. The van der Waals surface area contributed by atoms with Crippen LogP contribution >= 0.6 is 0 Å². The predicted molar refractivity (Wildman–Crippen MR) is 105 cm³/mol. The van der Waals surface area contributed by atoms with Crippen molar-refractivity contribution < 1.29 is 24.2 Å². The van der Waals surface area contributed by atoms with Crippen molar-refractivity contribution in [1.29, 1.82) is 0 Å². The van der Waals surface area contributed by atoms with Gasteiger partial charge in [0.1, 0.15) is 5.78 Å². The lowest BCUT2D eigenvalue weighted by Gasteiger charge is -2.20. The minimum atomic E-state index is -1.39. The van der Waals surface area contributed by atoms with E-state index < -0.39 is 23.8 Å². The van der Waals surface area contributed by atoms with Crippen LogP contribution in [0.1, 0.15) is 52.0 Å². The highest BCUT2D eigenvalue weighted by Gasteiger charge is 2.36. The molecular formula is C22H30O5. The molecule has 0 spiro atoms. The first kappa shape index (κ1) is 22.6. The van der Waals surface area contributed by atoms with Crippen molar-refractivity contribution in [3.05, 3.63) is 42.0 Å². The van der Waals surface area contributed by atoms with Crippen molar-refractivity contribution in [3.8, 4) is 0 Å². The van der Waals surface area contributed by atoms with Gasteiger partial charge in [-0.1, -0.05) is 69.7 Å². The Kier molecular flexibility index (Phi) is 10.1. The van der Waals surface area contributed by atoms with Crippen LogP contribution in [0.3, 0.4) is 0 Å². The minimum Gasteiger partial charge on any atom is -0.481 e. The third-order valence-electron chi connectivity index (χ3n) is 4.13. The zero-order valence-electron chi connectivity index (χ0n) is 16.4. The van der Waals surface area contributed by atoms with E-state index in [-0.39, 0.29) is 24.7 Å². The summed E-state index contributed by atoms with van der Waals surface area (Å²) in [4.78, 5) is 36.5. The Morgan fingerprint density at radius 2 is 1.78 bits per heavy atom. The lowest BCUT2D eigenvalue weighted by molar-refractivity contribution is -0.160. The molecule has 27 heavy (non-hydrogen) atoms. The summed E-state index contributed by atoms with van der Waals surface area (Å²) in [6.07, 6.45) is 5.27. The number of allylic oxidation sites excluding steroid dienone is 1. The van der Waals surface area contributed by atoms with E-state index in [0.717, 1.165) is 12.0 Å². The molecule has 0 fully saturated rings. The molecular weight excluding hydrogens is 344 g/mol. The number of esters is 1. The van der Waals surface area contributed by atoms with Gasteiger partial charge in [0.2, 0.25) is 0 Å². The SMILES string of the molecule is CCCCOC(=O)C(C(=O)O)C(C=Cc1ccccc1)CC(=O)CC(C)C. The predicted octanol–water partition coefficient (Wildman–Crippen LogP) is 4.37. The fourth-order valence-electron chi connectivity index (χ4n) is 2.76. The minimum absolute atomic E-state index is 0.00135. The van der Waals surface area contributed by atoms with Crippen molar-refractivity contribution in [3.63, 3.8) is 0 Å². The van der Waals surface area contributed by atoms with Crippen LogP contribution in [0.2, 0.25) is 0 Å². The average molecular weight is 374 g/mol. The molecule has 1 aromatic rings. The summed E-state index contributed by atoms with van der Waals surface area (Å²) in [6, 6.07) is 9.36. The number of benzene rings is 1. The van der Waals surface area contributed by atoms with E-state index in [4.69, 9.17) is 4.74 Å². The molecule has 0 saturated heterocycles. The average Bonchev–Trinajstić information content (AvgIpc) is 2.59. The van der Waals surface area contributed by atoms with Gasteiger partial charge in [-0.3, -0.25) is 14.4 Å². The molecule has 0 heterocycles. The standard InChI is InChI=1S/C22H30O5/c1-4-5-13-27-22(26)20(21(24)25)18(15-19(23)14-16(2)3)12-11-17-9-7-6-8-10-17/h6-12,16,18,20H,4-5,13-15H2,1-3H3,(H,24,25). The summed E-state index contributed by atoms with van der Waals surface area (Å²) >= 11 is 0.